The molecule has 1 aromatic heterocycles. The average Bonchev–Trinajstić information content (AvgIpc) is 2.18. The van der Waals surface area contributed by atoms with E-state index in [1.807, 2.05) is 19.2 Å². The second kappa shape index (κ2) is 5.28. The van der Waals surface area contributed by atoms with E-state index in [9.17, 15) is 0 Å². The minimum Gasteiger partial charge on any atom is -0.338 e. The van der Waals surface area contributed by atoms with Crippen LogP contribution in [0.1, 0.15) is 12.6 Å². The highest BCUT2D eigenvalue weighted by Gasteiger charge is 2.17. The van der Waals surface area contributed by atoms with Gasteiger partial charge in [0, 0.05) is 37.6 Å². The van der Waals surface area contributed by atoms with Crippen LogP contribution in [0.3, 0.4) is 0 Å². The summed E-state index contributed by atoms with van der Waals surface area (Å²) in [5.74, 6) is 0.860. The monoisotopic (exact) mass is 228 g/mol. The standard InChI is InChI=1S/C10H16N4.ClH/c1-8-3-4-12-10(13-8)14-6-5-11-9(2)7-14;/h3-4,9,11H,5-7H2,1-2H3;1H. The first-order valence-electron chi connectivity index (χ1n) is 5.03. The van der Waals surface area contributed by atoms with Crippen molar-refractivity contribution in [1.82, 2.24) is 15.3 Å². The van der Waals surface area contributed by atoms with Gasteiger partial charge in [-0.1, -0.05) is 0 Å². The smallest absolute Gasteiger partial charge is 0.225 e. The van der Waals surface area contributed by atoms with Gasteiger partial charge in [0.15, 0.2) is 0 Å². The number of halogens is 1. The molecule has 1 unspecified atom stereocenters. The minimum absolute atomic E-state index is 0. The molecule has 4 nitrogen and oxygen atoms in total. The van der Waals surface area contributed by atoms with Crippen LogP contribution < -0.4 is 10.2 Å². The second-order valence-electron chi connectivity index (χ2n) is 3.80. The Balaban J connectivity index is 0.00000112. The van der Waals surface area contributed by atoms with E-state index in [4.69, 9.17) is 0 Å². The number of aryl methyl sites for hydroxylation is 1. The lowest BCUT2D eigenvalue weighted by molar-refractivity contribution is 0.479. The molecule has 84 valence electrons. The van der Waals surface area contributed by atoms with Crippen LogP contribution in [0.4, 0.5) is 5.95 Å². The molecule has 0 aliphatic carbocycles. The van der Waals surface area contributed by atoms with E-state index in [0.29, 0.717) is 6.04 Å². The SMILES string of the molecule is Cc1ccnc(N2CCNC(C)C2)n1.Cl. The van der Waals surface area contributed by atoms with E-state index < -0.39 is 0 Å². The van der Waals surface area contributed by atoms with Gasteiger partial charge < -0.3 is 10.2 Å². The molecule has 5 heteroatoms. The van der Waals surface area contributed by atoms with Crippen molar-refractivity contribution in [2.24, 2.45) is 0 Å². The molecule has 0 bridgehead atoms. The fourth-order valence-electron chi connectivity index (χ4n) is 1.70. The van der Waals surface area contributed by atoms with Gasteiger partial charge in [-0.3, -0.25) is 0 Å². The van der Waals surface area contributed by atoms with Crippen LogP contribution in [0.2, 0.25) is 0 Å². The lowest BCUT2D eigenvalue weighted by Crippen LogP contribution is -2.49. The molecule has 1 saturated heterocycles. The Hall–Kier alpha value is -0.870. The summed E-state index contributed by atoms with van der Waals surface area (Å²) in [5, 5.41) is 3.40. The zero-order valence-corrected chi connectivity index (χ0v) is 9.92. The number of aromatic nitrogens is 2. The van der Waals surface area contributed by atoms with Gasteiger partial charge in [0.2, 0.25) is 5.95 Å². The number of hydrogen-bond acceptors (Lipinski definition) is 4. The Bertz CT molecular complexity index is 318. The molecule has 1 aliphatic heterocycles. The minimum atomic E-state index is 0. The van der Waals surface area contributed by atoms with Crippen LogP contribution >= 0.6 is 12.4 Å². The molecule has 0 spiro atoms. The third kappa shape index (κ3) is 3.04. The normalized spacial score (nSPS) is 20.9. The fraction of sp³-hybridized carbons (Fsp3) is 0.600. The fourth-order valence-corrected chi connectivity index (χ4v) is 1.70. The second-order valence-corrected chi connectivity index (χ2v) is 3.80. The number of hydrogen-bond donors (Lipinski definition) is 1. The Labute approximate surface area is 96.5 Å². The van der Waals surface area contributed by atoms with E-state index in [0.717, 1.165) is 31.3 Å². The summed E-state index contributed by atoms with van der Waals surface area (Å²) in [6.45, 7) is 7.18. The number of nitrogens with zero attached hydrogens (tertiary/aromatic N) is 3. The predicted molar refractivity (Wildman–Crippen MR) is 63.7 cm³/mol. The molecule has 0 radical (unpaired) electrons. The van der Waals surface area contributed by atoms with Crippen molar-refractivity contribution < 1.29 is 0 Å². The van der Waals surface area contributed by atoms with Crippen molar-refractivity contribution >= 4 is 18.4 Å². The third-order valence-electron chi connectivity index (χ3n) is 2.43. The van der Waals surface area contributed by atoms with Gasteiger partial charge in [-0.05, 0) is 19.9 Å². The molecule has 0 amide bonds. The average molecular weight is 229 g/mol. The van der Waals surface area contributed by atoms with Crippen molar-refractivity contribution in [2.75, 3.05) is 24.5 Å². The summed E-state index contributed by atoms with van der Waals surface area (Å²) in [7, 11) is 0. The van der Waals surface area contributed by atoms with Crippen molar-refractivity contribution in [1.29, 1.82) is 0 Å². The van der Waals surface area contributed by atoms with Gasteiger partial charge in [-0.25, -0.2) is 9.97 Å². The van der Waals surface area contributed by atoms with Crippen molar-refractivity contribution in [3.63, 3.8) is 0 Å². The Kier molecular flexibility index (Phi) is 4.29. The first kappa shape index (κ1) is 12.2. The molecule has 2 rings (SSSR count). The lowest BCUT2D eigenvalue weighted by Gasteiger charge is -2.31. The maximum absolute atomic E-state index is 4.42. The molecule has 15 heavy (non-hydrogen) atoms. The first-order chi connectivity index (χ1) is 6.75. The van der Waals surface area contributed by atoms with Crippen LogP contribution in [0.25, 0.3) is 0 Å². The quantitative estimate of drug-likeness (QED) is 0.779. The van der Waals surface area contributed by atoms with E-state index in [2.05, 4.69) is 27.1 Å². The molecule has 1 N–H and O–H groups in total. The van der Waals surface area contributed by atoms with Gasteiger partial charge in [-0.15, -0.1) is 12.4 Å². The van der Waals surface area contributed by atoms with E-state index >= 15 is 0 Å². The van der Waals surface area contributed by atoms with Gasteiger partial charge in [0.05, 0.1) is 0 Å². The van der Waals surface area contributed by atoms with E-state index in [-0.39, 0.29) is 12.4 Å². The van der Waals surface area contributed by atoms with E-state index in [1.165, 1.54) is 0 Å². The molecular formula is C10H17ClN4. The number of nitrogens with one attached hydrogen (secondary N) is 1. The molecule has 1 atom stereocenters. The Morgan fingerprint density at radius 1 is 1.53 bits per heavy atom. The van der Waals surface area contributed by atoms with Crippen LogP contribution in [-0.4, -0.2) is 35.6 Å². The molecule has 1 aromatic rings. The first-order valence-corrected chi connectivity index (χ1v) is 5.03. The summed E-state index contributed by atoms with van der Waals surface area (Å²) < 4.78 is 0. The topological polar surface area (TPSA) is 41.1 Å². The highest BCUT2D eigenvalue weighted by molar-refractivity contribution is 5.85. The van der Waals surface area contributed by atoms with Gasteiger partial charge in [0.1, 0.15) is 0 Å². The third-order valence-corrected chi connectivity index (χ3v) is 2.43. The van der Waals surface area contributed by atoms with Gasteiger partial charge in [-0.2, -0.15) is 0 Å². The highest BCUT2D eigenvalue weighted by atomic mass is 35.5. The number of piperazine rings is 1. The molecule has 1 fully saturated rings. The van der Waals surface area contributed by atoms with E-state index in [1.54, 1.807) is 0 Å². The summed E-state index contributed by atoms with van der Waals surface area (Å²) >= 11 is 0. The maximum atomic E-state index is 4.42. The van der Waals surface area contributed by atoms with Crippen molar-refractivity contribution in [3.05, 3.63) is 18.0 Å². The summed E-state index contributed by atoms with van der Waals surface area (Å²) in [6.07, 6.45) is 1.82. The summed E-state index contributed by atoms with van der Waals surface area (Å²) in [6, 6.07) is 2.45. The molecule has 2 heterocycles. The highest BCUT2D eigenvalue weighted by Crippen LogP contribution is 2.09. The van der Waals surface area contributed by atoms with Crippen LogP contribution in [0.15, 0.2) is 12.3 Å². The summed E-state index contributed by atoms with van der Waals surface area (Å²) in [4.78, 5) is 10.9. The lowest BCUT2D eigenvalue weighted by atomic mass is 10.2. The van der Waals surface area contributed by atoms with Crippen LogP contribution in [0.5, 0.6) is 0 Å². The molecular weight excluding hydrogens is 212 g/mol. The predicted octanol–water partition coefficient (Wildman–Crippen LogP) is 1.00. The Morgan fingerprint density at radius 3 is 3.00 bits per heavy atom. The maximum Gasteiger partial charge on any atom is 0.225 e. The number of anilines is 1. The molecule has 1 aliphatic rings. The van der Waals surface area contributed by atoms with Gasteiger partial charge in [0.25, 0.3) is 0 Å². The van der Waals surface area contributed by atoms with Crippen LogP contribution in [-0.2, 0) is 0 Å². The largest absolute Gasteiger partial charge is 0.338 e. The molecule has 0 saturated carbocycles. The summed E-state index contributed by atoms with van der Waals surface area (Å²) in [5.41, 5.74) is 1.03. The zero-order valence-electron chi connectivity index (χ0n) is 9.10. The zero-order chi connectivity index (χ0) is 9.97. The number of rotatable bonds is 1. The van der Waals surface area contributed by atoms with Crippen molar-refractivity contribution in [3.8, 4) is 0 Å². The van der Waals surface area contributed by atoms with Gasteiger partial charge >= 0.3 is 0 Å². The van der Waals surface area contributed by atoms with Crippen LogP contribution in [0, 0.1) is 6.92 Å². The van der Waals surface area contributed by atoms with Crippen molar-refractivity contribution in [2.45, 2.75) is 19.9 Å². The molecule has 0 aromatic carbocycles. The Morgan fingerprint density at radius 2 is 2.33 bits per heavy atom.